The van der Waals surface area contributed by atoms with E-state index in [1.165, 1.54) is 12.2 Å². The van der Waals surface area contributed by atoms with Crippen LogP contribution in [0.1, 0.15) is 17.3 Å². The molecule has 0 amide bonds. The molecular formula is C16H12N2O2. The van der Waals surface area contributed by atoms with E-state index in [1.807, 2.05) is 43.3 Å². The van der Waals surface area contributed by atoms with Gasteiger partial charge in [0.05, 0.1) is 0 Å². The molecule has 0 saturated carbocycles. The minimum Gasteiger partial charge on any atom is -0.211 e. The van der Waals surface area contributed by atoms with E-state index in [0.717, 1.165) is 16.7 Å². The Morgan fingerprint density at radius 1 is 0.900 bits per heavy atom. The average Bonchev–Trinajstić information content (AvgIpc) is 2.47. The van der Waals surface area contributed by atoms with Crippen LogP contribution >= 0.6 is 0 Å². The van der Waals surface area contributed by atoms with Crippen molar-refractivity contribution in [1.29, 1.82) is 0 Å². The van der Waals surface area contributed by atoms with Gasteiger partial charge in [0.1, 0.15) is 0 Å². The molecule has 0 aromatic heterocycles. The molecule has 0 fully saturated rings. The molecule has 98 valence electrons. The third kappa shape index (κ3) is 3.15. The molecule has 2 aromatic rings. The first kappa shape index (κ1) is 13.6. The summed E-state index contributed by atoms with van der Waals surface area (Å²) in [6.07, 6.45) is 1.96. The van der Waals surface area contributed by atoms with Gasteiger partial charge in [-0.2, -0.15) is 9.98 Å². The van der Waals surface area contributed by atoms with Crippen molar-refractivity contribution < 1.29 is 9.59 Å². The van der Waals surface area contributed by atoms with Crippen LogP contribution < -0.4 is 0 Å². The van der Waals surface area contributed by atoms with E-state index in [2.05, 4.69) is 16.1 Å². The molecule has 2 rings (SSSR count). The van der Waals surface area contributed by atoms with Crippen molar-refractivity contribution >= 4 is 12.2 Å². The summed E-state index contributed by atoms with van der Waals surface area (Å²) < 4.78 is 0. The molecule has 0 spiro atoms. The highest BCUT2D eigenvalue weighted by atomic mass is 16.1. The summed E-state index contributed by atoms with van der Waals surface area (Å²) in [5.74, 6) is 0. The van der Waals surface area contributed by atoms with Gasteiger partial charge in [-0.15, -0.1) is 0 Å². The monoisotopic (exact) mass is 264 g/mol. The number of benzene rings is 2. The molecule has 0 radical (unpaired) electrons. The van der Waals surface area contributed by atoms with Gasteiger partial charge in [-0.25, -0.2) is 9.59 Å². The molecule has 4 nitrogen and oxygen atoms in total. The SMILES string of the molecule is Cc1cccc(-c2cccc(C(N=C=O)N=C=O)c2)c1. The van der Waals surface area contributed by atoms with Crippen LogP contribution in [-0.4, -0.2) is 12.2 Å². The zero-order valence-corrected chi connectivity index (χ0v) is 10.9. The Bertz CT molecular complexity index is 694. The first-order valence-corrected chi connectivity index (χ1v) is 6.05. The van der Waals surface area contributed by atoms with Crippen LogP contribution in [0.5, 0.6) is 0 Å². The highest BCUT2D eigenvalue weighted by molar-refractivity contribution is 5.65. The van der Waals surface area contributed by atoms with Crippen molar-refractivity contribution in [2.75, 3.05) is 0 Å². The van der Waals surface area contributed by atoms with Crippen LogP contribution in [0.2, 0.25) is 0 Å². The van der Waals surface area contributed by atoms with Crippen molar-refractivity contribution in [1.82, 2.24) is 0 Å². The van der Waals surface area contributed by atoms with Gasteiger partial charge < -0.3 is 0 Å². The van der Waals surface area contributed by atoms with E-state index in [0.29, 0.717) is 5.56 Å². The summed E-state index contributed by atoms with van der Waals surface area (Å²) in [5.41, 5.74) is 3.83. The molecule has 4 heteroatoms. The Labute approximate surface area is 116 Å². The lowest BCUT2D eigenvalue weighted by molar-refractivity contribution is 0.552. The highest BCUT2D eigenvalue weighted by Crippen LogP contribution is 2.25. The molecule has 0 bridgehead atoms. The third-order valence-electron chi connectivity index (χ3n) is 2.89. The maximum absolute atomic E-state index is 10.4. The molecule has 20 heavy (non-hydrogen) atoms. The Kier molecular flexibility index (Phi) is 4.35. The van der Waals surface area contributed by atoms with Gasteiger partial charge >= 0.3 is 0 Å². The van der Waals surface area contributed by atoms with E-state index < -0.39 is 6.17 Å². The molecule has 0 unspecified atom stereocenters. The number of carbonyl (C=O) groups excluding carboxylic acids is 2. The Morgan fingerprint density at radius 3 is 2.10 bits per heavy atom. The highest BCUT2D eigenvalue weighted by Gasteiger charge is 2.09. The van der Waals surface area contributed by atoms with Gasteiger partial charge in [-0.1, -0.05) is 48.0 Å². The molecule has 0 saturated heterocycles. The van der Waals surface area contributed by atoms with Crippen molar-refractivity contribution in [3.8, 4) is 11.1 Å². The van der Waals surface area contributed by atoms with Gasteiger partial charge in [-0.3, -0.25) is 0 Å². The van der Waals surface area contributed by atoms with Gasteiger partial charge in [0.2, 0.25) is 12.2 Å². The predicted octanol–water partition coefficient (Wildman–Crippen LogP) is 3.33. The van der Waals surface area contributed by atoms with Gasteiger partial charge in [0.15, 0.2) is 6.17 Å². The number of isocyanates is 2. The lowest BCUT2D eigenvalue weighted by Gasteiger charge is -2.08. The zero-order chi connectivity index (χ0) is 14.4. The van der Waals surface area contributed by atoms with E-state index in [4.69, 9.17) is 0 Å². The first-order valence-electron chi connectivity index (χ1n) is 6.05. The number of aryl methyl sites for hydroxylation is 1. The van der Waals surface area contributed by atoms with Crippen LogP contribution in [0.3, 0.4) is 0 Å². The van der Waals surface area contributed by atoms with Crippen LogP contribution in [0, 0.1) is 6.92 Å². The topological polar surface area (TPSA) is 58.9 Å². The number of aliphatic imine (C=N–C) groups is 2. The average molecular weight is 264 g/mol. The van der Waals surface area contributed by atoms with E-state index >= 15 is 0 Å². The van der Waals surface area contributed by atoms with Gasteiger partial charge in [0, 0.05) is 5.56 Å². The van der Waals surface area contributed by atoms with Crippen molar-refractivity contribution in [3.63, 3.8) is 0 Å². The molecule has 0 heterocycles. The lowest BCUT2D eigenvalue weighted by Crippen LogP contribution is -1.92. The summed E-state index contributed by atoms with van der Waals surface area (Å²) in [4.78, 5) is 27.8. The summed E-state index contributed by atoms with van der Waals surface area (Å²) >= 11 is 0. The van der Waals surface area contributed by atoms with Gasteiger partial charge in [-0.05, 0) is 24.1 Å². The van der Waals surface area contributed by atoms with Crippen LogP contribution in [0.25, 0.3) is 11.1 Å². The minimum absolute atomic E-state index is 0.649. The largest absolute Gasteiger partial charge is 0.237 e. The molecule has 0 atom stereocenters. The van der Waals surface area contributed by atoms with Crippen LogP contribution in [0.15, 0.2) is 58.5 Å². The number of hydrogen-bond acceptors (Lipinski definition) is 4. The maximum atomic E-state index is 10.4. The lowest BCUT2D eigenvalue weighted by atomic mass is 10.0. The fraction of sp³-hybridized carbons (Fsp3) is 0.125. The maximum Gasteiger partial charge on any atom is 0.237 e. The van der Waals surface area contributed by atoms with Crippen LogP contribution in [-0.2, 0) is 9.59 Å². The van der Waals surface area contributed by atoms with Crippen LogP contribution in [0.4, 0.5) is 0 Å². The second-order valence-electron chi connectivity index (χ2n) is 4.31. The number of rotatable bonds is 4. The molecule has 0 N–H and O–H groups in total. The van der Waals surface area contributed by atoms with E-state index in [-0.39, 0.29) is 0 Å². The molecular weight excluding hydrogens is 252 g/mol. The molecule has 0 aliphatic carbocycles. The summed E-state index contributed by atoms with van der Waals surface area (Å²) in [6, 6.07) is 15.4. The number of hydrogen-bond donors (Lipinski definition) is 0. The molecule has 0 aliphatic heterocycles. The van der Waals surface area contributed by atoms with E-state index in [9.17, 15) is 9.59 Å². The Morgan fingerprint density at radius 2 is 1.50 bits per heavy atom. The van der Waals surface area contributed by atoms with Crippen molar-refractivity contribution in [2.24, 2.45) is 9.98 Å². The minimum atomic E-state index is -0.880. The molecule has 0 aliphatic rings. The molecule has 2 aromatic carbocycles. The second kappa shape index (κ2) is 6.39. The smallest absolute Gasteiger partial charge is 0.211 e. The third-order valence-corrected chi connectivity index (χ3v) is 2.89. The summed E-state index contributed by atoms with van der Waals surface area (Å²) in [7, 11) is 0. The van der Waals surface area contributed by atoms with E-state index in [1.54, 1.807) is 6.07 Å². The summed E-state index contributed by atoms with van der Waals surface area (Å²) in [5, 5.41) is 0. The Balaban J connectivity index is 2.46. The first-order chi connectivity index (χ1) is 9.74. The van der Waals surface area contributed by atoms with Crippen molar-refractivity contribution in [3.05, 3.63) is 59.7 Å². The fourth-order valence-corrected chi connectivity index (χ4v) is 1.98. The predicted molar refractivity (Wildman–Crippen MR) is 75.6 cm³/mol. The quantitative estimate of drug-likeness (QED) is 0.628. The Hall–Kier alpha value is -2.80. The summed E-state index contributed by atoms with van der Waals surface area (Å²) in [6.45, 7) is 2.02. The normalized spacial score (nSPS) is 11.1. The zero-order valence-electron chi connectivity index (χ0n) is 10.9. The van der Waals surface area contributed by atoms with Gasteiger partial charge in [0.25, 0.3) is 0 Å². The standard InChI is InChI=1S/C16H12N2O2/c1-12-4-2-5-13(8-12)14-6-3-7-15(9-14)16(17-10-19)18-11-20/h2-9,16H,1H3. The number of nitrogens with zero attached hydrogens (tertiary/aromatic N) is 2. The fourth-order valence-electron chi connectivity index (χ4n) is 1.98. The second-order valence-corrected chi connectivity index (χ2v) is 4.31. The van der Waals surface area contributed by atoms with Crippen molar-refractivity contribution in [2.45, 2.75) is 13.1 Å².